The second kappa shape index (κ2) is 23.9. The molecule has 1 aliphatic heterocycles. The molecular formula is C43H55N5O8. The smallest absolute Gasteiger partial charge is 0.227 e. The lowest BCUT2D eigenvalue weighted by Crippen LogP contribution is -2.33. The first-order valence-electron chi connectivity index (χ1n) is 19.7. The van der Waals surface area contributed by atoms with E-state index in [1.165, 1.54) is 0 Å². The van der Waals surface area contributed by atoms with Crippen molar-refractivity contribution < 1.29 is 38.1 Å². The highest BCUT2D eigenvalue weighted by Crippen LogP contribution is 2.41. The number of amides is 2. The number of hydrogen-bond donors (Lipinski definition) is 1. The van der Waals surface area contributed by atoms with Crippen LogP contribution in [0.15, 0.2) is 78.9 Å². The minimum absolute atomic E-state index is 0.103. The van der Waals surface area contributed by atoms with Crippen molar-refractivity contribution in [3.63, 3.8) is 0 Å². The maximum Gasteiger partial charge on any atom is 0.227 e. The molecule has 0 bridgehead atoms. The topological polar surface area (TPSA) is 143 Å². The Morgan fingerprint density at radius 1 is 0.679 bits per heavy atom. The highest BCUT2D eigenvalue weighted by molar-refractivity contribution is 6.01. The molecule has 2 heterocycles. The van der Waals surface area contributed by atoms with Crippen molar-refractivity contribution in [3.05, 3.63) is 84.4 Å². The van der Waals surface area contributed by atoms with Gasteiger partial charge in [0.2, 0.25) is 11.8 Å². The summed E-state index contributed by atoms with van der Waals surface area (Å²) in [7, 11) is 0. The third-order valence-corrected chi connectivity index (χ3v) is 9.21. The minimum atomic E-state index is -0.122. The summed E-state index contributed by atoms with van der Waals surface area (Å²) in [4.78, 5) is 40.0. The first-order valence-corrected chi connectivity index (χ1v) is 19.7. The van der Waals surface area contributed by atoms with Crippen molar-refractivity contribution in [1.29, 1.82) is 0 Å². The molecule has 300 valence electrons. The van der Waals surface area contributed by atoms with Gasteiger partial charge in [0.15, 0.2) is 0 Å². The fourth-order valence-corrected chi connectivity index (χ4v) is 6.24. The predicted octanol–water partition coefficient (Wildman–Crippen LogP) is 6.04. The van der Waals surface area contributed by atoms with Gasteiger partial charge in [-0.05, 0) is 36.6 Å². The summed E-state index contributed by atoms with van der Waals surface area (Å²) in [6, 6.07) is 25.3. The van der Waals surface area contributed by atoms with Gasteiger partial charge in [0.1, 0.15) is 17.2 Å². The number of benzene rings is 3. The first-order chi connectivity index (χ1) is 27.5. The quantitative estimate of drug-likeness (QED) is 0.0752. The number of anilines is 1. The molecular weight excluding hydrogens is 714 g/mol. The monoisotopic (exact) mass is 769 g/mol. The van der Waals surface area contributed by atoms with E-state index < -0.39 is 0 Å². The summed E-state index contributed by atoms with van der Waals surface area (Å²) in [6.45, 7) is 7.30. The van der Waals surface area contributed by atoms with E-state index in [2.05, 4.69) is 22.6 Å². The number of para-hydroxylation sites is 2. The number of ether oxygens (including phenoxy) is 5. The Bertz CT molecular complexity index is 1800. The molecule has 2 amide bonds. The van der Waals surface area contributed by atoms with Gasteiger partial charge >= 0.3 is 0 Å². The summed E-state index contributed by atoms with van der Waals surface area (Å²) in [5, 5.41) is 12.0. The average Bonchev–Trinajstić information content (AvgIpc) is 3.63. The number of nitrogens with one attached hydrogen (secondary N) is 1. The molecule has 0 spiro atoms. The van der Waals surface area contributed by atoms with E-state index in [1.54, 1.807) is 4.90 Å². The standard InChI is InChI=1S/C43H55N5O8/c1-2-3-22-44-40(50)19-20-41(51)47-33-34-12-7-8-16-37(34)42-43(38-17-9-10-18-39(38)47)48(46-45-42)23-26-53-28-30-55-32-31-54-29-27-52-25-21-35(49)13-11-24-56-36-14-5-4-6-15-36/h4-10,12,14-18H,2-3,11,13,19-33H2,1H3,(H,44,50). The van der Waals surface area contributed by atoms with Crippen LogP contribution in [0.1, 0.15) is 57.4 Å². The molecule has 56 heavy (non-hydrogen) atoms. The Kier molecular flexibility index (Phi) is 18.0. The number of fused-ring (bicyclic) bond motifs is 5. The van der Waals surface area contributed by atoms with Crippen molar-refractivity contribution in [2.24, 2.45) is 0 Å². The molecule has 0 saturated heterocycles. The van der Waals surface area contributed by atoms with Crippen molar-refractivity contribution >= 4 is 23.3 Å². The van der Waals surface area contributed by atoms with E-state index in [0.717, 1.165) is 52.4 Å². The van der Waals surface area contributed by atoms with Crippen molar-refractivity contribution in [2.45, 2.75) is 65.0 Å². The van der Waals surface area contributed by atoms with Crippen LogP contribution in [0.25, 0.3) is 22.5 Å². The number of carbonyl (C=O) groups excluding carboxylic acids is 3. The van der Waals surface area contributed by atoms with Gasteiger partial charge in [0, 0.05) is 43.4 Å². The SMILES string of the molecule is CCCCNC(=O)CCC(=O)N1Cc2ccccc2-c2nnn(CCOCCOCCOCCOCCC(=O)CCCOc3ccccc3)c2-c2ccccc21. The zero-order chi connectivity index (χ0) is 39.2. The van der Waals surface area contributed by atoms with E-state index in [9.17, 15) is 14.4 Å². The molecule has 0 unspecified atom stereocenters. The number of rotatable bonds is 26. The van der Waals surface area contributed by atoms with Crippen molar-refractivity contribution in [3.8, 4) is 28.3 Å². The van der Waals surface area contributed by atoms with E-state index in [4.69, 9.17) is 23.7 Å². The van der Waals surface area contributed by atoms with Gasteiger partial charge in [-0.1, -0.05) is 79.2 Å². The van der Waals surface area contributed by atoms with Crippen LogP contribution in [0.3, 0.4) is 0 Å². The fraction of sp³-hybridized carbons (Fsp3) is 0.465. The van der Waals surface area contributed by atoms with Crippen molar-refractivity contribution in [1.82, 2.24) is 20.3 Å². The van der Waals surface area contributed by atoms with E-state index >= 15 is 0 Å². The molecule has 1 aliphatic rings. The molecule has 0 fully saturated rings. The molecule has 3 aromatic carbocycles. The molecule has 0 atom stereocenters. The number of hydrogen-bond acceptors (Lipinski definition) is 10. The molecule has 13 heteroatoms. The van der Waals surface area contributed by atoms with Crippen LogP contribution in [0.2, 0.25) is 0 Å². The Hall–Kier alpha value is -4.95. The Morgan fingerprint density at radius 2 is 1.34 bits per heavy atom. The molecule has 4 aromatic rings. The second-order valence-electron chi connectivity index (χ2n) is 13.4. The maximum absolute atomic E-state index is 13.7. The third-order valence-electron chi connectivity index (χ3n) is 9.21. The number of aromatic nitrogens is 3. The van der Waals surface area contributed by atoms with Gasteiger partial charge in [-0.25, -0.2) is 4.68 Å². The highest BCUT2D eigenvalue weighted by atomic mass is 16.6. The number of nitrogens with zero attached hydrogens (tertiary/aromatic N) is 4. The lowest BCUT2D eigenvalue weighted by Gasteiger charge is -2.28. The number of Topliss-reactive ketones (excluding diaryl/α,β-unsaturated/α-hetero) is 1. The fourth-order valence-electron chi connectivity index (χ4n) is 6.24. The zero-order valence-electron chi connectivity index (χ0n) is 32.5. The van der Waals surface area contributed by atoms with Crippen LogP contribution in [-0.2, 0) is 46.4 Å². The molecule has 0 aliphatic carbocycles. The summed E-state index contributed by atoms with van der Waals surface area (Å²) >= 11 is 0. The Balaban J connectivity index is 0.994. The van der Waals surface area contributed by atoms with Gasteiger partial charge in [0.05, 0.1) is 83.9 Å². The van der Waals surface area contributed by atoms with E-state index in [-0.39, 0.29) is 30.4 Å². The summed E-state index contributed by atoms with van der Waals surface area (Å²) in [5.74, 6) is 0.742. The number of carbonyl (C=O) groups is 3. The van der Waals surface area contributed by atoms with Gasteiger partial charge in [-0.2, -0.15) is 0 Å². The zero-order valence-corrected chi connectivity index (χ0v) is 32.5. The molecule has 0 saturated carbocycles. The summed E-state index contributed by atoms with van der Waals surface area (Å²) in [6.07, 6.45) is 3.69. The van der Waals surface area contributed by atoms with Crippen LogP contribution in [0, 0.1) is 0 Å². The summed E-state index contributed by atoms with van der Waals surface area (Å²) in [5.41, 5.74) is 5.00. The predicted molar refractivity (Wildman–Crippen MR) is 213 cm³/mol. The Morgan fingerprint density at radius 3 is 2.09 bits per heavy atom. The van der Waals surface area contributed by atoms with Crippen molar-refractivity contribution in [2.75, 3.05) is 70.9 Å². The molecule has 1 aromatic heterocycles. The van der Waals surface area contributed by atoms with E-state index in [0.29, 0.717) is 98.4 Å². The largest absolute Gasteiger partial charge is 0.494 e. The van der Waals surface area contributed by atoms with Crippen LogP contribution in [0.5, 0.6) is 5.75 Å². The summed E-state index contributed by atoms with van der Waals surface area (Å²) < 4.78 is 30.1. The Labute approximate surface area is 329 Å². The maximum atomic E-state index is 13.7. The van der Waals surface area contributed by atoms with E-state index in [1.807, 2.05) is 83.5 Å². The van der Waals surface area contributed by atoms with Gasteiger partial charge in [0.25, 0.3) is 0 Å². The van der Waals surface area contributed by atoms with Gasteiger partial charge in [-0.15, -0.1) is 5.10 Å². The first kappa shape index (κ1) is 42.2. The lowest BCUT2D eigenvalue weighted by molar-refractivity contribution is -0.125. The second-order valence-corrected chi connectivity index (χ2v) is 13.4. The molecule has 5 rings (SSSR count). The highest BCUT2D eigenvalue weighted by Gasteiger charge is 2.29. The molecule has 1 N–H and O–H groups in total. The van der Waals surface area contributed by atoms with Crippen LogP contribution >= 0.6 is 0 Å². The molecule has 13 nitrogen and oxygen atoms in total. The normalized spacial score (nSPS) is 11.9. The third kappa shape index (κ3) is 13.4. The van der Waals surface area contributed by atoms with Gasteiger partial charge < -0.3 is 33.9 Å². The lowest BCUT2D eigenvalue weighted by atomic mass is 9.95. The minimum Gasteiger partial charge on any atom is -0.494 e. The average molecular weight is 770 g/mol. The van der Waals surface area contributed by atoms with Crippen LogP contribution in [-0.4, -0.2) is 98.6 Å². The number of ketones is 1. The van der Waals surface area contributed by atoms with Gasteiger partial charge in [-0.3, -0.25) is 14.4 Å². The van der Waals surface area contributed by atoms with Crippen LogP contribution < -0.4 is 15.0 Å². The van der Waals surface area contributed by atoms with Crippen LogP contribution in [0.4, 0.5) is 5.69 Å². The number of unbranched alkanes of at least 4 members (excludes halogenated alkanes) is 1. The molecule has 0 radical (unpaired) electrons.